The summed E-state index contributed by atoms with van der Waals surface area (Å²) in [5.41, 5.74) is 0.705. The Kier molecular flexibility index (Phi) is 4.17. The molecule has 0 saturated heterocycles. The molecule has 1 amide bonds. The number of nitrogens with one attached hydrogen (secondary N) is 1. The van der Waals surface area contributed by atoms with Crippen molar-refractivity contribution < 1.29 is 14.3 Å². The topological polar surface area (TPSA) is 47.6 Å². The van der Waals surface area contributed by atoms with E-state index in [1.54, 1.807) is 32.4 Å². The van der Waals surface area contributed by atoms with Gasteiger partial charge in [-0.2, -0.15) is 0 Å². The number of carbonyl (C=O) groups excluding carboxylic acids is 1. The van der Waals surface area contributed by atoms with E-state index >= 15 is 0 Å². The van der Waals surface area contributed by atoms with E-state index in [9.17, 15) is 4.79 Å². The molecule has 1 rings (SSSR count). The molecule has 0 spiro atoms. The molecule has 0 aliphatic carbocycles. The van der Waals surface area contributed by atoms with Crippen molar-refractivity contribution in [2.75, 3.05) is 19.5 Å². The monoisotopic (exact) mass is 223 g/mol. The van der Waals surface area contributed by atoms with Gasteiger partial charge >= 0.3 is 0 Å². The standard InChI is InChI=1S/C12H17NO3/c1-8(2)12(14)13-9-5-6-10(15-3)11(7-9)16-4/h5-8H,1-4H3,(H,13,14). The SMILES string of the molecule is COc1ccc(NC(=O)C(C)C)cc1OC. The number of rotatable bonds is 4. The minimum Gasteiger partial charge on any atom is -0.493 e. The van der Waals surface area contributed by atoms with Crippen LogP contribution in [0, 0.1) is 5.92 Å². The lowest BCUT2D eigenvalue weighted by Gasteiger charge is -2.11. The van der Waals surface area contributed by atoms with Gasteiger partial charge in [-0.1, -0.05) is 13.8 Å². The van der Waals surface area contributed by atoms with Crippen LogP contribution in [0.25, 0.3) is 0 Å². The predicted molar refractivity (Wildman–Crippen MR) is 63.0 cm³/mol. The molecule has 1 aromatic carbocycles. The van der Waals surface area contributed by atoms with Gasteiger partial charge in [-0.15, -0.1) is 0 Å². The summed E-state index contributed by atoms with van der Waals surface area (Å²) in [6.07, 6.45) is 0. The van der Waals surface area contributed by atoms with Crippen molar-refractivity contribution in [1.29, 1.82) is 0 Å². The largest absolute Gasteiger partial charge is 0.493 e. The van der Waals surface area contributed by atoms with Gasteiger partial charge < -0.3 is 14.8 Å². The van der Waals surface area contributed by atoms with Gasteiger partial charge in [0, 0.05) is 17.7 Å². The molecule has 0 fully saturated rings. The molecule has 1 aromatic rings. The van der Waals surface area contributed by atoms with Crippen molar-refractivity contribution in [3.8, 4) is 11.5 Å². The lowest BCUT2D eigenvalue weighted by Crippen LogP contribution is -2.17. The first-order valence-corrected chi connectivity index (χ1v) is 5.11. The second-order valence-electron chi connectivity index (χ2n) is 3.71. The highest BCUT2D eigenvalue weighted by Crippen LogP contribution is 2.29. The Hall–Kier alpha value is -1.71. The highest BCUT2D eigenvalue weighted by atomic mass is 16.5. The third-order valence-corrected chi connectivity index (χ3v) is 2.18. The smallest absolute Gasteiger partial charge is 0.226 e. The Morgan fingerprint density at radius 1 is 1.19 bits per heavy atom. The second-order valence-corrected chi connectivity index (χ2v) is 3.71. The number of carbonyl (C=O) groups is 1. The number of anilines is 1. The first-order valence-electron chi connectivity index (χ1n) is 5.11. The van der Waals surface area contributed by atoms with Crippen molar-refractivity contribution in [3.05, 3.63) is 18.2 Å². The van der Waals surface area contributed by atoms with Gasteiger partial charge in [0.25, 0.3) is 0 Å². The first kappa shape index (κ1) is 12.4. The Labute approximate surface area is 95.6 Å². The Morgan fingerprint density at radius 2 is 1.81 bits per heavy atom. The third kappa shape index (κ3) is 2.89. The fraction of sp³-hybridized carbons (Fsp3) is 0.417. The highest BCUT2D eigenvalue weighted by Gasteiger charge is 2.09. The Balaban J connectivity index is 2.87. The van der Waals surface area contributed by atoms with E-state index in [2.05, 4.69) is 5.32 Å². The molecule has 0 saturated carbocycles. The fourth-order valence-corrected chi connectivity index (χ4v) is 1.20. The average molecular weight is 223 g/mol. The molecule has 16 heavy (non-hydrogen) atoms. The number of benzene rings is 1. The van der Waals surface area contributed by atoms with Crippen molar-refractivity contribution in [1.82, 2.24) is 0 Å². The summed E-state index contributed by atoms with van der Waals surface area (Å²) in [5.74, 6) is 1.18. The lowest BCUT2D eigenvalue weighted by molar-refractivity contribution is -0.118. The maximum Gasteiger partial charge on any atom is 0.226 e. The van der Waals surface area contributed by atoms with Crippen LogP contribution < -0.4 is 14.8 Å². The fourth-order valence-electron chi connectivity index (χ4n) is 1.20. The van der Waals surface area contributed by atoms with Crippen molar-refractivity contribution in [3.63, 3.8) is 0 Å². The molecule has 88 valence electrons. The molecule has 0 atom stereocenters. The van der Waals surface area contributed by atoms with Gasteiger partial charge in [0.2, 0.25) is 5.91 Å². The van der Waals surface area contributed by atoms with E-state index < -0.39 is 0 Å². The normalized spacial score (nSPS) is 10.1. The molecule has 1 N–H and O–H groups in total. The van der Waals surface area contributed by atoms with Crippen LogP contribution in [0.3, 0.4) is 0 Å². The van der Waals surface area contributed by atoms with Gasteiger partial charge in [0.05, 0.1) is 14.2 Å². The third-order valence-electron chi connectivity index (χ3n) is 2.18. The van der Waals surface area contributed by atoms with Crippen LogP contribution in [-0.4, -0.2) is 20.1 Å². The van der Waals surface area contributed by atoms with Crippen LogP contribution in [-0.2, 0) is 4.79 Å². The summed E-state index contributed by atoms with van der Waals surface area (Å²) in [7, 11) is 3.14. The number of amides is 1. The minimum absolute atomic E-state index is 0.0211. The summed E-state index contributed by atoms with van der Waals surface area (Å²) in [6.45, 7) is 3.69. The Bertz CT molecular complexity index is 375. The van der Waals surface area contributed by atoms with Crippen LogP contribution in [0.2, 0.25) is 0 Å². The maximum absolute atomic E-state index is 11.5. The average Bonchev–Trinajstić information content (AvgIpc) is 2.28. The van der Waals surface area contributed by atoms with E-state index in [-0.39, 0.29) is 11.8 Å². The summed E-state index contributed by atoms with van der Waals surface area (Å²) in [4.78, 5) is 11.5. The number of ether oxygens (including phenoxy) is 2. The van der Waals surface area contributed by atoms with Crippen molar-refractivity contribution in [2.24, 2.45) is 5.92 Å². The van der Waals surface area contributed by atoms with E-state index in [0.717, 1.165) is 0 Å². The molecule has 0 aliphatic rings. The Morgan fingerprint density at radius 3 is 2.31 bits per heavy atom. The molecule has 0 aromatic heterocycles. The number of hydrogen-bond acceptors (Lipinski definition) is 3. The number of hydrogen-bond donors (Lipinski definition) is 1. The summed E-state index contributed by atoms with van der Waals surface area (Å²) < 4.78 is 10.2. The molecule has 4 heteroatoms. The zero-order chi connectivity index (χ0) is 12.1. The predicted octanol–water partition coefficient (Wildman–Crippen LogP) is 2.30. The van der Waals surface area contributed by atoms with E-state index in [1.165, 1.54) is 0 Å². The second kappa shape index (κ2) is 5.39. The summed E-state index contributed by atoms with van der Waals surface area (Å²) in [6, 6.07) is 5.27. The molecular weight excluding hydrogens is 206 g/mol. The van der Waals surface area contributed by atoms with Crippen LogP contribution in [0.5, 0.6) is 11.5 Å². The molecule has 0 radical (unpaired) electrons. The van der Waals surface area contributed by atoms with Gasteiger partial charge in [0.15, 0.2) is 11.5 Å². The lowest BCUT2D eigenvalue weighted by atomic mass is 10.2. The van der Waals surface area contributed by atoms with Gasteiger partial charge in [-0.3, -0.25) is 4.79 Å². The van der Waals surface area contributed by atoms with E-state index in [1.807, 2.05) is 13.8 Å². The van der Waals surface area contributed by atoms with Crippen molar-refractivity contribution >= 4 is 11.6 Å². The maximum atomic E-state index is 11.5. The molecule has 0 aliphatic heterocycles. The zero-order valence-corrected chi connectivity index (χ0v) is 10.0. The van der Waals surface area contributed by atoms with Crippen molar-refractivity contribution in [2.45, 2.75) is 13.8 Å². The van der Waals surface area contributed by atoms with Crippen LogP contribution in [0.4, 0.5) is 5.69 Å². The summed E-state index contributed by atoms with van der Waals surface area (Å²) >= 11 is 0. The highest BCUT2D eigenvalue weighted by molar-refractivity contribution is 5.92. The number of methoxy groups -OCH3 is 2. The van der Waals surface area contributed by atoms with E-state index in [0.29, 0.717) is 17.2 Å². The molecular formula is C12H17NO3. The molecule has 0 unspecified atom stereocenters. The first-order chi connectivity index (χ1) is 7.58. The molecule has 0 bridgehead atoms. The van der Waals surface area contributed by atoms with Gasteiger partial charge in [-0.05, 0) is 12.1 Å². The van der Waals surface area contributed by atoms with E-state index in [4.69, 9.17) is 9.47 Å². The molecule has 4 nitrogen and oxygen atoms in total. The molecule has 0 heterocycles. The minimum atomic E-state index is -0.0481. The van der Waals surface area contributed by atoms with Crippen LogP contribution in [0.1, 0.15) is 13.8 Å². The van der Waals surface area contributed by atoms with Gasteiger partial charge in [0.1, 0.15) is 0 Å². The van der Waals surface area contributed by atoms with Crippen LogP contribution in [0.15, 0.2) is 18.2 Å². The zero-order valence-electron chi connectivity index (χ0n) is 10.0. The van der Waals surface area contributed by atoms with Crippen LogP contribution >= 0.6 is 0 Å². The van der Waals surface area contributed by atoms with Gasteiger partial charge in [-0.25, -0.2) is 0 Å². The summed E-state index contributed by atoms with van der Waals surface area (Å²) in [5, 5.41) is 2.79. The quantitative estimate of drug-likeness (QED) is 0.852.